The lowest BCUT2D eigenvalue weighted by molar-refractivity contribution is 0.0960. The number of carbonyl (C=O) groups is 1. The maximum Gasteiger partial charge on any atom is 0.261 e. The average molecular weight is 329 g/mol. The van der Waals surface area contributed by atoms with Crippen LogP contribution >= 0.6 is 22.6 Å². The molecule has 0 spiro atoms. The fourth-order valence-corrected chi connectivity index (χ4v) is 1.84. The minimum atomic E-state index is -0.336. The van der Waals surface area contributed by atoms with Crippen LogP contribution in [0, 0.1) is 5.82 Å². The van der Waals surface area contributed by atoms with Gasteiger partial charge in [-0.25, -0.2) is 4.39 Å². The molecule has 0 bridgehead atoms. The molecule has 2 rings (SSSR count). The van der Waals surface area contributed by atoms with Gasteiger partial charge in [-0.05, 0) is 35.9 Å². The van der Waals surface area contributed by atoms with Gasteiger partial charge < -0.3 is 0 Å². The van der Waals surface area contributed by atoms with Crippen LogP contribution in [0.3, 0.4) is 0 Å². The van der Waals surface area contributed by atoms with Crippen molar-refractivity contribution in [2.45, 2.75) is 4.43 Å². The normalized spacial score (nSPS) is 10.4. The molecule has 1 aromatic heterocycles. The zero-order valence-electron chi connectivity index (χ0n) is 8.36. The lowest BCUT2D eigenvalue weighted by Crippen LogP contribution is -2.09. The molecule has 0 saturated carbocycles. The summed E-state index contributed by atoms with van der Waals surface area (Å²) in [5, 5.41) is 0. The number of halogens is 2. The number of hydrogen-bond acceptors (Lipinski definition) is 1. The molecule has 2 nitrogen and oxygen atoms in total. The second kappa shape index (κ2) is 4.78. The van der Waals surface area contributed by atoms with Crippen molar-refractivity contribution >= 4 is 28.5 Å². The molecule has 2 aromatic rings. The smallest absolute Gasteiger partial charge is 0.261 e. The lowest BCUT2D eigenvalue weighted by atomic mass is 10.2. The monoisotopic (exact) mass is 329 g/mol. The van der Waals surface area contributed by atoms with E-state index in [9.17, 15) is 9.18 Å². The summed E-state index contributed by atoms with van der Waals surface area (Å²) >= 11 is 2.23. The van der Waals surface area contributed by atoms with E-state index in [1.54, 1.807) is 12.4 Å². The second-order valence-electron chi connectivity index (χ2n) is 3.37. The topological polar surface area (TPSA) is 22.0 Å². The Hall–Kier alpha value is -1.17. The Labute approximate surface area is 106 Å². The molecule has 0 saturated heterocycles. The van der Waals surface area contributed by atoms with Gasteiger partial charge in [0, 0.05) is 22.4 Å². The van der Waals surface area contributed by atoms with E-state index < -0.39 is 0 Å². The molecule has 0 unspecified atom stereocenters. The van der Waals surface area contributed by atoms with Gasteiger partial charge in [-0.15, -0.1) is 0 Å². The van der Waals surface area contributed by atoms with Gasteiger partial charge >= 0.3 is 0 Å². The van der Waals surface area contributed by atoms with Gasteiger partial charge in [-0.3, -0.25) is 9.36 Å². The SMILES string of the molecule is O=C(c1ccc(F)cc1)n1ccc(CI)c1. The van der Waals surface area contributed by atoms with Gasteiger partial charge in [-0.2, -0.15) is 0 Å². The molecule has 0 N–H and O–H groups in total. The summed E-state index contributed by atoms with van der Waals surface area (Å²) in [7, 11) is 0. The first kappa shape index (κ1) is 11.3. The Morgan fingerprint density at radius 3 is 2.50 bits per heavy atom. The molecule has 0 aliphatic heterocycles. The summed E-state index contributed by atoms with van der Waals surface area (Å²) in [5.41, 5.74) is 1.58. The first-order valence-electron chi connectivity index (χ1n) is 4.74. The average Bonchev–Trinajstić information content (AvgIpc) is 2.77. The standard InChI is InChI=1S/C12H9FINO/c13-11-3-1-10(2-4-11)12(16)15-6-5-9(7-14)8-15/h1-6,8H,7H2. The van der Waals surface area contributed by atoms with Crippen molar-refractivity contribution in [2.75, 3.05) is 0 Å². The van der Waals surface area contributed by atoms with E-state index in [4.69, 9.17) is 0 Å². The number of rotatable bonds is 2. The van der Waals surface area contributed by atoms with Gasteiger partial charge in [-0.1, -0.05) is 22.6 Å². The van der Waals surface area contributed by atoms with Gasteiger partial charge in [0.1, 0.15) is 5.82 Å². The molecule has 1 heterocycles. The Kier molecular flexibility index (Phi) is 3.38. The molecule has 1 aromatic carbocycles. The van der Waals surface area contributed by atoms with Crippen molar-refractivity contribution in [1.82, 2.24) is 4.57 Å². The molecule has 16 heavy (non-hydrogen) atoms. The van der Waals surface area contributed by atoms with Crippen LogP contribution in [0.1, 0.15) is 15.9 Å². The Balaban J connectivity index is 2.28. The van der Waals surface area contributed by atoms with Crippen LogP contribution in [0.5, 0.6) is 0 Å². The van der Waals surface area contributed by atoms with Gasteiger partial charge in [0.05, 0.1) is 0 Å². The highest BCUT2D eigenvalue weighted by Gasteiger charge is 2.08. The van der Waals surface area contributed by atoms with Crippen molar-refractivity contribution in [3.8, 4) is 0 Å². The van der Waals surface area contributed by atoms with Crippen LogP contribution < -0.4 is 0 Å². The summed E-state index contributed by atoms with van der Waals surface area (Å²) in [5.74, 6) is -0.479. The molecular weight excluding hydrogens is 320 g/mol. The molecule has 0 aliphatic carbocycles. The van der Waals surface area contributed by atoms with Crippen LogP contribution in [0.25, 0.3) is 0 Å². The third kappa shape index (κ3) is 2.32. The Bertz CT molecular complexity index is 504. The lowest BCUT2D eigenvalue weighted by Gasteiger charge is -2.01. The molecule has 0 amide bonds. The van der Waals surface area contributed by atoms with Gasteiger partial charge in [0.2, 0.25) is 0 Å². The maximum atomic E-state index is 12.7. The van der Waals surface area contributed by atoms with Crippen molar-refractivity contribution in [3.05, 3.63) is 59.7 Å². The predicted octanol–water partition coefficient (Wildman–Crippen LogP) is 3.25. The van der Waals surface area contributed by atoms with E-state index in [0.29, 0.717) is 5.56 Å². The van der Waals surface area contributed by atoms with Crippen LogP contribution in [-0.2, 0) is 4.43 Å². The molecule has 0 aliphatic rings. The third-order valence-corrected chi connectivity index (χ3v) is 3.11. The van der Waals surface area contributed by atoms with E-state index >= 15 is 0 Å². The van der Waals surface area contributed by atoms with Crippen LogP contribution in [0.4, 0.5) is 4.39 Å². The quantitative estimate of drug-likeness (QED) is 0.612. The van der Waals surface area contributed by atoms with Crippen LogP contribution in [-0.4, -0.2) is 10.5 Å². The van der Waals surface area contributed by atoms with Crippen molar-refractivity contribution < 1.29 is 9.18 Å². The van der Waals surface area contributed by atoms with Crippen LogP contribution in [0.15, 0.2) is 42.7 Å². The number of nitrogens with zero attached hydrogens (tertiary/aromatic N) is 1. The first-order valence-corrected chi connectivity index (χ1v) is 6.26. The highest BCUT2D eigenvalue weighted by Crippen LogP contribution is 2.10. The largest absolute Gasteiger partial charge is 0.290 e. The predicted molar refractivity (Wildman–Crippen MR) is 68.3 cm³/mol. The molecule has 82 valence electrons. The molecule has 4 heteroatoms. The van der Waals surface area contributed by atoms with E-state index in [0.717, 1.165) is 9.99 Å². The summed E-state index contributed by atoms with van der Waals surface area (Å²) in [6, 6.07) is 7.45. The highest BCUT2D eigenvalue weighted by atomic mass is 127. The van der Waals surface area contributed by atoms with E-state index in [1.807, 2.05) is 6.07 Å². The summed E-state index contributed by atoms with van der Waals surface area (Å²) in [6.45, 7) is 0. The third-order valence-electron chi connectivity index (χ3n) is 2.23. The molecule has 0 radical (unpaired) electrons. The highest BCUT2D eigenvalue weighted by molar-refractivity contribution is 14.1. The molecule has 0 fully saturated rings. The Morgan fingerprint density at radius 2 is 1.94 bits per heavy atom. The van der Waals surface area contributed by atoms with E-state index in [2.05, 4.69) is 22.6 Å². The second-order valence-corrected chi connectivity index (χ2v) is 4.14. The van der Waals surface area contributed by atoms with Gasteiger partial charge in [0.15, 0.2) is 0 Å². The Morgan fingerprint density at radius 1 is 1.25 bits per heavy atom. The minimum absolute atomic E-state index is 0.142. The maximum absolute atomic E-state index is 12.7. The zero-order valence-corrected chi connectivity index (χ0v) is 10.5. The van der Waals surface area contributed by atoms with Gasteiger partial charge in [0.25, 0.3) is 5.91 Å². The number of aromatic nitrogens is 1. The summed E-state index contributed by atoms with van der Waals surface area (Å²) < 4.78 is 15.1. The number of benzene rings is 1. The van der Waals surface area contributed by atoms with E-state index in [1.165, 1.54) is 28.8 Å². The number of carbonyl (C=O) groups excluding carboxylic acids is 1. The van der Waals surface area contributed by atoms with Crippen molar-refractivity contribution in [1.29, 1.82) is 0 Å². The number of alkyl halides is 1. The minimum Gasteiger partial charge on any atom is -0.290 e. The first-order chi connectivity index (χ1) is 7.70. The van der Waals surface area contributed by atoms with Crippen molar-refractivity contribution in [3.63, 3.8) is 0 Å². The molecular formula is C12H9FINO. The van der Waals surface area contributed by atoms with Crippen molar-refractivity contribution in [2.24, 2.45) is 0 Å². The van der Waals surface area contributed by atoms with E-state index in [-0.39, 0.29) is 11.7 Å². The summed E-state index contributed by atoms with van der Waals surface area (Å²) in [4.78, 5) is 11.9. The van der Waals surface area contributed by atoms with Crippen LogP contribution in [0.2, 0.25) is 0 Å². The fourth-order valence-electron chi connectivity index (χ4n) is 1.39. The summed E-state index contributed by atoms with van der Waals surface area (Å²) in [6.07, 6.45) is 3.51. The zero-order chi connectivity index (χ0) is 11.5. The molecule has 0 atom stereocenters. The number of hydrogen-bond donors (Lipinski definition) is 0. The fraction of sp³-hybridized carbons (Fsp3) is 0.0833.